The van der Waals surface area contributed by atoms with E-state index in [-0.39, 0.29) is 12.5 Å². The Kier molecular flexibility index (Phi) is 1.00. The molecule has 52 valence electrons. The predicted octanol–water partition coefficient (Wildman–Crippen LogP) is -0.260. The number of aliphatic hydroxyl groups is 1. The number of aliphatic hydroxyl groups excluding tert-OH is 1. The average molecular weight is 131 g/mol. The largest absolute Gasteiger partial charge is 0.390 e. The lowest BCUT2D eigenvalue weighted by atomic mass is 10.0. The molecule has 3 heteroatoms. The summed E-state index contributed by atoms with van der Waals surface area (Å²) in [6.45, 7) is 0.777. The second-order valence-electron chi connectivity index (χ2n) is 2.44. The van der Waals surface area contributed by atoms with Gasteiger partial charge in [0.25, 0.3) is 0 Å². The third-order valence-corrected chi connectivity index (χ3v) is 1.84. The van der Waals surface area contributed by atoms with Crippen LogP contribution in [0.4, 0.5) is 0 Å². The molecule has 0 aromatic rings. The van der Waals surface area contributed by atoms with E-state index in [2.05, 4.69) is 0 Å². The minimum Gasteiger partial charge on any atom is -0.390 e. The maximum atomic E-state index is 9.24. The number of ether oxygens (including phenoxy) is 2. The summed E-state index contributed by atoms with van der Waals surface area (Å²) in [5.41, 5.74) is 0. The maximum absolute atomic E-state index is 9.24. The first-order valence-electron chi connectivity index (χ1n) is 3.68. The van der Waals surface area contributed by atoms with Crippen LogP contribution in [0.3, 0.4) is 0 Å². The average Bonchev–Trinajstić information content (AvgIpc) is 2.35. The summed E-state index contributed by atoms with van der Waals surface area (Å²) in [5.74, 6) is -0.132. The van der Waals surface area contributed by atoms with E-state index in [4.69, 9.17) is 10.8 Å². The molecule has 0 unspecified atom stereocenters. The van der Waals surface area contributed by atoms with E-state index in [1.807, 2.05) is 0 Å². The normalized spacial score (nSPS) is 59.4. The van der Waals surface area contributed by atoms with Crippen molar-refractivity contribution in [3.8, 4) is 0 Å². The molecular weight excluding hydrogens is 120 g/mol. The highest BCUT2D eigenvalue weighted by atomic mass is 16.7. The Hall–Kier alpha value is -0.120. The van der Waals surface area contributed by atoms with Crippen LogP contribution in [0.5, 0.6) is 0 Å². The van der Waals surface area contributed by atoms with Crippen LogP contribution in [0.25, 0.3) is 0 Å². The third kappa shape index (κ3) is 0.764. The SMILES string of the molecule is [2H][C@]12OCC[C@H]1[C@@H](O)CO2. The highest BCUT2D eigenvalue weighted by Gasteiger charge is 2.40. The van der Waals surface area contributed by atoms with Gasteiger partial charge in [-0.25, -0.2) is 0 Å². The molecule has 2 rings (SSSR count). The molecule has 0 saturated carbocycles. The zero-order valence-corrected chi connectivity index (χ0v) is 5.04. The highest BCUT2D eigenvalue weighted by molar-refractivity contribution is 4.81. The number of hydrogen-bond donors (Lipinski definition) is 1. The molecule has 2 fully saturated rings. The first-order chi connectivity index (χ1) is 4.72. The van der Waals surface area contributed by atoms with Gasteiger partial charge in [-0.05, 0) is 6.42 Å². The smallest absolute Gasteiger partial charge is 0.163 e. The molecule has 3 atom stereocenters. The minimum atomic E-state index is -1.22. The van der Waals surface area contributed by atoms with Gasteiger partial charge in [0.2, 0.25) is 0 Å². The van der Waals surface area contributed by atoms with E-state index >= 15 is 0 Å². The molecule has 0 aromatic heterocycles. The Labute approximate surface area is 55.0 Å². The molecule has 0 spiro atoms. The standard InChI is InChI=1S/C6H10O3/c7-5-3-9-6-4(5)1-2-8-6/h4-7H,1-3H2/t4-,5-,6+/m0/s1/i6D. The molecular formula is C6H10O3. The molecule has 0 amide bonds. The lowest BCUT2D eigenvalue weighted by Crippen LogP contribution is -2.18. The summed E-state index contributed by atoms with van der Waals surface area (Å²) in [4.78, 5) is 0. The number of hydrogen-bond acceptors (Lipinski definition) is 3. The van der Waals surface area contributed by atoms with Crippen molar-refractivity contribution >= 4 is 0 Å². The van der Waals surface area contributed by atoms with Gasteiger partial charge in [-0.1, -0.05) is 0 Å². The molecule has 0 radical (unpaired) electrons. The lowest BCUT2D eigenvalue weighted by Gasteiger charge is -2.06. The fraction of sp³-hybridized carbons (Fsp3) is 1.00. The molecule has 2 aliphatic heterocycles. The van der Waals surface area contributed by atoms with Gasteiger partial charge in [0.1, 0.15) is 0 Å². The Morgan fingerprint density at radius 1 is 1.56 bits per heavy atom. The monoisotopic (exact) mass is 131 g/mol. The molecule has 2 aliphatic rings. The van der Waals surface area contributed by atoms with Crippen molar-refractivity contribution in [1.29, 1.82) is 0 Å². The Balaban J connectivity index is 2.19. The topological polar surface area (TPSA) is 38.7 Å². The van der Waals surface area contributed by atoms with Crippen molar-refractivity contribution in [1.82, 2.24) is 0 Å². The fourth-order valence-corrected chi connectivity index (χ4v) is 1.29. The Bertz CT molecular complexity index is 152. The van der Waals surface area contributed by atoms with E-state index in [0.29, 0.717) is 6.61 Å². The maximum Gasteiger partial charge on any atom is 0.163 e. The lowest BCUT2D eigenvalue weighted by molar-refractivity contribution is -0.0907. The first kappa shape index (κ1) is 4.66. The summed E-state index contributed by atoms with van der Waals surface area (Å²) >= 11 is 0. The van der Waals surface area contributed by atoms with Gasteiger partial charge in [0, 0.05) is 5.92 Å². The molecule has 3 nitrogen and oxygen atoms in total. The van der Waals surface area contributed by atoms with Crippen molar-refractivity contribution in [2.24, 2.45) is 5.92 Å². The summed E-state index contributed by atoms with van der Waals surface area (Å²) in [5, 5.41) is 9.24. The van der Waals surface area contributed by atoms with E-state index < -0.39 is 12.4 Å². The van der Waals surface area contributed by atoms with Gasteiger partial charge >= 0.3 is 0 Å². The second kappa shape index (κ2) is 1.94. The van der Waals surface area contributed by atoms with E-state index in [0.717, 1.165) is 6.42 Å². The zero-order valence-electron chi connectivity index (χ0n) is 6.04. The van der Waals surface area contributed by atoms with Gasteiger partial charge in [0.05, 0.1) is 20.7 Å². The van der Waals surface area contributed by atoms with Crippen molar-refractivity contribution in [3.05, 3.63) is 0 Å². The Morgan fingerprint density at radius 3 is 3.22 bits per heavy atom. The third-order valence-electron chi connectivity index (χ3n) is 1.84. The second-order valence-corrected chi connectivity index (χ2v) is 2.44. The summed E-state index contributed by atoms with van der Waals surface area (Å²) in [6.07, 6.45) is -0.982. The van der Waals surface area contributed by atoms with Crippen molar-refractivity contribution < 1.29 is 16.0 Å². The molecule has 0 aromatic carbocycles. The Morgan fingerprint density at radius 2 is 2.44 bits per heavy atom. The van der Waals surface area contributed by atoms with E-state index in [9.17, 15) is 5.11 Å². The van der Waals surface area contributed by atoms with Crippen molar-refractivity contribution in [2.45, 2.75) is 18.8 Å². The van der Waals surface area contributed by atoms with E-state index in [1.165, 1.54) is 0 Å². The van der Waals surface area contributed by atoms with Gasteiger partial charge in [-0.3, -0.25) is 0 Å². The van der Waals surface area contributed by atoms with Crippen molar-refractivity contribution in [2.75, 3.05) is 13.2 Å². The predicted molar refractivity (Wildman–Crippen MR) is 29.8 cm³/mol. The van der Waals surface area contributed by atoms with Gasteiger partial charge in [-0.2, -0.15) is 0 Å². The van der Waals surface area contributed by atoms with Crippen LogP contribution in [0.2, 0.25) is 0 Å². The zero-order chi connectivity index (χ0) is 7.19. The first-order valence-corrected chi connectivity index (χ1v) is 3.18. The van der Waals surface area contributed by atoms with Crippen LogP contribution < -0.4 is 0 Å². The van der Waals surface area contributed by atoms with Crippen LogP contribution in [-0.4, -0.2) is 30.7 Å². The van der Waals surface area contributed by atoms with Gasteiger partial charge < -0.3 is 14.6 Å². The minimum absolute atomic E-state index is 0.132. The molecule has 0 aliphatic carbocycles. The van der Waals surface area contributed by atoms with E-state index in [1.54, 1.807) is 0 Å². The van der Waals surface area contributed by atoms with Crippen LogP contribution in [0.15, 0.2) is 0 Å². The molecule has 2 heterocycles. The molecule has 1 N–H and O–H groups in total. The number of rotatable bonds is 0. The molecule has 9 heavy (non-hydrogen) atoms. The summed E-state index contributed by atoms with van der Waals surface area (Å²) < 4.78 is 17.5. The van der Waals surface area contributed by atoms with Gasteiger partial charge in [-0.15, -0.1) is 0 Å². The fourth-order valence-electron chi connectivity index (χ4n) is 1.29. The van der Waals surface area contributed by atoms with Crippen molar-refractivity contribution in [3.63, 3.8) is 0 Å². The highest BCUT2D eigenvalue weighted by Crippen LogP contribution is 2.30. The number of fused-ring (bicyclic) bond motifs is 1. The summed E-state index contributed by atoms with van der Waals surface area (Å²) in [6, 6.07) is 0. The summed E-state index contributed by atoms with van der Waals surface area (Å²) in [7, 11) is 0. The molecule has 0 bridgehead atoms. The van der Waals surface area contributed by atoms with Crippen LogP contribution in [0, 0.1) is 5.92 Å². The van der Waals surface area contributed by atoms with Crippen LogP contribution >= 0.6 is 0 Å². The van der Waals surface area contributed by atoms with Crippen LogP contribution in [-0.2, 0) is 9.47 Å². The quantitative estimate of drug-likeness (QED) is 0.492. The van der Waals surface area contributed by atoms with Gasteiger partial charge in [0.15, 0.2) is 6.27 Å². The molecule has 2 saturated heterocycles. The van der Waals surface area contributed by atoms with Crippen LogP contribution in [0.1, 0.15) is 7.79 Å².